The Morgan fingerprint density at radius 3 is 2.69 bits per heavy atom. The van der Waals surface area contributed by atoms with Gasteiger partial charge in [-0.25, -0.2) is 4.98 Å². The first-order valence-electron chi connectivity index (χ1n) is 6.35. The molecule has 2 atom stereocenters. The molecular weight excluding hydrogens is 216 g/mol. The predicted octanol–water partition coefficient (Wildman–Crippen LogP) is 3.79. The Kier molecular flexibility index (Phi) is 5.99. The van der Waals surface area contributed by atoms with E-state index in [9.17, 15) is 0 Å². The van der Waals surface area contributed by atoms with Gasteiger partial charge >= 0.3 is 0 Å². The minimum absolute atomic E-state index is 0.393. The highest BCUT2D eigenvalue weighted by molar-refractivity contribution is 7.11. The fourth-order valence-electron chi connectivity index (χ4n) is 1.75. The van der Waals surface area contributed by atoms with Crippen LogP contribution in [-0.4, -0.2) is 11.5 Å². The normalized spacial score (nSPS) is 15.0. The zero-order valence-corrected chi connectivity index (χ0v) is 11.7. The molecule has 0 amide bonds. The van der Waals surface area contributed by atoms with Gasteiger partial charge in [0.25, 0.3) is 0 Å². The van der Waals surface area contributed by atoms with Crippen LogP contribution >= 0.6 is 11.3 Å². The first-order valence-corrected chi connectivity index (χ1v) is 7.17. The molecule has 16 heavy (non-hydrogen) atoms. The van der Waals surface area contributed by atoms with Crippen molar-refractivity contribution in [3.8, 4) is 0 Å². The second-order valence-corrected chi connectivity index (χ2v) is 5.69. The molecule has 0 aliphatic carbocycles. The lowest BCUT2D eigenvalue weighted by Gasteiger charge is -2.15. The maximum Gasteiger partial charge on any atom is 0.109 e. The van der Waals surface area contributed by atoms with Gasteiger partial charge in [-0.2, -0.15) is 0 Å². The lowest BCUT2D eigenvalue weighted by molar-refractivity contribution is 0.443. The summed E-state index contributed by atoms with van der Waals surface area (Å²) in [6, 6.07) is 0.393. The number of hydrogen-bond acceptors (Lipinski definition) is 3. The van der Waals surface area contributed by atoms with E-state index in [2.05, 4.69) is 38.0 Å². The van der Waals surface area contributed by atoms with E-state index in [-0.39, 0.29) is 0 Å². The first kappa shape index (κ1) is 13.7. The largest absolute Gasteiger partial charge is 0.308 e. The fraction of sp³-hybridized carbons (Fsp3) is 0.769. The summed E-state index contributed by atoms with van der Waals surface area (Å²) in [6.07, 6.45) is 5.68. The molecule has 92 valence electrons. The Balaban J connectivity index is 2.37. The third-order valence-corrected chi connectivity index (χ3v) is 4.17. The van der Waals surface area contributed by atoms with Gasteiger partial charge in [-0.3, -0.25) is 0 Å². The summed E-state index contributed by atoms with van der Waals surface area (Å²) in [7, 11) is 0. The molecule has 1 aromatic rings. The second-order valence-electron chi connectivity index (χ2n) is 4.54. The number of rotatable bonds is 7. The zero-order valence-electron chi connectivity index (χ0n) is 10.9. The zero-order chi connectivity index (χ0) is 12.0. The summed E-state index contributed by atoms with van der Waals surface area (Å²) in [5, 5.41) is 4.79. The smallest absolute Gasteiger partial charge is 0.109 e. The van der Waals surface area contributed by atoms with Crippen molar-refractivity contribution >= 4 is 11.3 Å². The molecule has 0 aliphatic heterocycles. The average molecular weight is 240 g/mol. The van der Waals surface area contributed by atoms with Crippen molar-refractivity contribution in [1.29, 1.82) is 0 Å². The molecule has 0 aromatic carbocycles. The van der Waals surface area contributed by atoms with E-state index in [1.54, 1.807) is 0 Å². The van der Waals surface area contributed by atoms with Gasteiger partial charge in [-0.1, -0.05) is 27.2 Å². The van der Waals surface area contributed by atoms with E-state index in [4.69, 9.17) is 0 Å². The van der Waals surface area contributed by atoms with Crippen LogP contribution in [0.25, 0.3) is 0 Å². The number of aromatic nitrogens is 1. The van der Waals surface area contributed by atoms with Gasteiger partial charge in [0, 0.05) is 11.1 Å². The van der Waals surface area contributed by atoms with Gasteiger partial charge in [0.2, 0.25) is 0 Å². The first-order chi connectivity index (χ1) is 7.67. The van der Waals surface area contributed by atoms with E-state index >= 15 is 0 Å². The van der Waals surface area contributed by atoms with Crippen molar-refractivity contribution in [2.45, 2.75) is 53.0 Å². The van der Waals surface area contributed by atoms with Gasteiger partial charge in [-0.05, 0) is 32.2 Å². The van der Waals surface area contributed by atoms with Crippen LogP contribution in [0.5, 0.6) is 0 Å². The monoisotopic (exact) mass is 240 g/mol. The van der Waals surface area contributed by atoms with E-state index in [0.717, 1.165) is 18.9 Å². The molecule has 0 spiro atoms. The lowest BCUT2D eigenvalue weighted by atomic mass is 10.1. The van der Waals surface area contributed by atoms with Crippen LogP contribution in [-0.2, 0) is 6.42 Å². The Bertz CT molecular complexity index is 296. The van der Waals surface area contributed by atoms with Gasteiger partial charge < -0.3 is 5.32 Å². The van der Waals surface area contributed by atoms with Crippen molar-refractivity contribution in [2.24, 2.45) is 5.92 Å². The summed E-state index contributed by atoms with van der Waals surface area (Å²) in [6.45, 7) is 10.0. The van der Waals surface area contributed by atoms with Crippen LogP contribution in [0.3, 0.4) is 0 Å². The summed E-state index contributed by atoms with van der Waals surface area (Å²) in [4.78, 5) is 5.85. The molecule has 1 aromatic heterocycles. The molecule has 0 fully saturated rings. The van der Waals surface area contributed by atoms with Crippen LogP contribution in [0.4, 0.5) is 0 Å². The number of nitrogens with zero attached hydrogens (tertiary/aromatic N) is 1. The number of thiazole rings is 1. The minimum Gasteiger partial charge on any atom is -0.308 e. The highest BCUT2D eigenvalue weighted by Crippen LogP contribution is 2.20. The van der Waals surface area contributed by atoms with Crippen LogP contribution in [0.15, 0.2) is 6.20 Å². The van der Waals surface area contributed by atoms with E-state index in [0.29, 0.717) is 6.04 Å². The standard InChI is InChI=1S/C13H24N2S/c1-5-7-10(3)8-14-11(4)13-15-9-12(6-2)16-13/h9-11,14H,5-8H2,1-4H3. The van der Waals surface area contributed by atoms with E-state index in [1.807, 2.05) is 17.5 Å². The third-order valence-electron chi connectivity index (χ3n) is 2.84. The predicted molar refractivity (Wildman–Crippen MR) is 72.0 cm³/mol. The Hall–Kier alpha value is -0.410. The fourth-order valence-corrected chi connectivity index (χ4v) is 2.63. The SMILES string of the molecule is CCCC(C)CNC(C)c1ncc(CC)s1. The topological polar surface area (TPSA) is 24.9 Å². The van der Waals surface area contributed by atoms with Crippen LogP contribution < -0.4 is 5.32 Å². The Morgan fingerprint density at radius 2 is 2.12 bits per heavy atom. The number of aryl methyl sites for hydroxylation is 1. The highest BCUT2D eigenvalue weighted by atomic mass is 32.1. The maximum atomic E-state index is 4.47. The van der Waals surface area contributed by atoms with Gasteiger partial charge in [-0.15, -0.1) is 11.3 Å². The van der Waals surface area contributed by atoms with Crippen molar-refractivity contribution in [1.82, 2.24) is 10.3 Å². The lowest BCUT2D eigenvalue weighted by Crippen LogP contribution is -2.24. The molecule has 0 saturated carbocycles. The molecule has 0 bridgehead atoms. The van der Waals surface area contributed by atoms with E-state index < -0.39 is 0 Å². The van der Waals surface area contributed by atoms with E-state index in [1.165, 1.54) is 22.7 Å². The molecule has 1 heterocycles. The van der Waals surface area contributed by atoms with Gasteiger partial charge in [0.1, 0.15) is 5.01 Å². The van der Waals surface area contributed by atoms with Crippen LogP contribution in [0.2, 0.25) is 0 Å². The molecular formula is C13H24N2S. The van der Waals surface area contributed by atoms with Crippen LogP contribution in [0.1, 0.15) is 56.5 Å². The summed E-state index contributed by atoms with van der Waals surface area (Å²) >= 11 is 1.83. The molecule has 0 aliphatic rings. The van der Waals surface area contributed by atoms with Gasteiger partial charge in [0.15, 0.2) is 0 Å². The summed E-state index contributed by atoms with van der Waals surface area (Å²) in [5.74, 6) is 0.762. The van der Waals surface area contributed by atoms with Crippen molar-refractivity contribution in [2.75, 3.05) is 6.54 Å². The average Bonchev–Trinajstić information content (AvgIpc) is 2.75. The summed E-state index contributed by atoms with van der Waals surface area (Å²) < 4.78 is 0. The van der Waals surface area contributed by atoms with Crippen molar-refractivity contribution in [3.05, 3.63) is 16.1 Å². The molecule has 3 heteroatoms. The van der Waals surface area contributed by atoms with Gasteiger partial charge in [0.05, 0.1) is 6.04 Å². The van der Waals surface area contributed by atoms with Crippen molar-refractivity contribution in [3.63, 3.8) is 0 Å². The Morgan fingerprint density at radius 1 is 1.38 bits per heavy atom. The quantitative estimate of drug-likeness (QED) is 0.784. The third kappa shape index (κ3) is 4.22. The van der Waals surface area contributed by atoms with Crippen LogP contribution in [0, 0.1) is 5.92 Å². The molecule has 2 nitrogen and oxygen atoms in total. The molecule has 1 rings (SSSR count). The number of nitrogens with one attached hydrogen (secondary N) is 1. The second kappa shape index (κ2) is 7.02. The minimum atomic E-state index is 0.393. The Labute approximate surface area is 103 Å². The molecule has 0 radical (unpaired) electrons. The maximum absolute atomic E-state index is 4.47. The molecule has 0 saturated heterocycles. The molecule has 2 unspecified atom stereocenters. The molecule has 1 N–H and O–H groups in total. The van der Waals surface area contributed by atoms with Crippen molar-refractivity contribution < 1.29 is 0 Å². The summed E-state index contributed by atoms with van der Waals surface area (Å²) in [5.41, 5.74) is 0. The highest BCUT2D eigenvalue weighted by Gasteiger charge is 2.10. The number of hydrogen-bond donors (Lipinski definition) is 1.